The molecule has 3 aromatic rings. The highest BCUT2D eigenvalue weighted by molar-refractivity contribution is 6.01. The molecule has 1 aliphatic heterocycles. The molecule has 0 bridgehead atoms. The van der Waals surface area contributed by atoms with Crippen LogP contribution in [0.25, 0.3) is 22.4 Å². The third kappa shape index (κ3) is 6.56. The number of hydrogen-bond donors (Lipinski definition) is 2. The number of allylic oxidation sites excluding steroid dienone is 1. The quantitative estimate of drug-likeness (QED) is 0.472. The molecule has 3 heterocycles. The van der Waals surface area contributed by atoms with Gasteiger partial charge >= 0.3 is 6.18 Å². The molecule has 1 aromatic carbocycles. The van der Waals surface area contributed by atoms with E-state index in [4.69, 9.17) is 0 Å². The van der Waals surface area contributed by atoms with E-state index in [1.54, 1.807) is 43.6 Å². The molecule has 1 amide bonds. The van der Waals surface area contributed by atoms with Gasteiger partial charge in [-0.15, -0.1) is 0 Å². The van der Waals surface area contributed by atoms with Crippen molar-refractivity contribution in [3.63, 3.8) is 0 Å². The van der Waals surface area contributed by atoms with E-state index in [2.05, 4.69) is 39.2 Å². The Morgan fingerprint density at radius 3 is 2.76 bits per heavy atom. The van der Waals surface area contributed by atoms with Gasteiger partial charge in [0.2, 0.25) is 0 Å². The van der Waals surface area contributed by atoms with Crippen LogP contribution in [0.2, 0.25) is 0 Å². The maximum atomic E-state index is 13.7. The number of halogens is 3. The summed E-state index contributed by atoms with van der Waals surface area (Å²) in [5, 5.41) is 11.3. The van der Waals surface area contributed by atoms with Gasteiger partial charge in [-0.3, -0.25) is 9.48 Å². The summed E-state index contributed by atoms with van der Waals surface area (Å²) in [5.74, 6) is -0.295. The lowest BCUT2D eigenvalue weighted by Gasteiger charge is -2.21. The molecule has 2 N–H and O–H groups in total. The molecule has 196 valence electrons. The minimum Gasteiger partial charge on any atom is -0.382 e. The number of aryl methyl sites for hydroxylation is 1. The van der Waals surface area contributed by atoms with E-state index in [0.717, 1.165) is 38.0 Å². The van der Waals surface area contributed by atoms with Crippen LogP contribution >= 0.6 is 0 Å². The number of aromatic nitrogens is 3. The minimum atomic E-state index is -4.62. The van der Waals surface area contributed by atoms with Crippen LogP contribution in [0.5, 0.6) is 0 Å². The van der Waals surface area contributed by atoms with Gasteiger partial charge in [0, 0.05) is 42.3 Å². The molecule has 4 rings (SSSR count). The van der Waals surface area contributed by atoms with E-state index in [9.17, 15) is 18.0 Å². The van der Waals surface area contributed by atoms with Crippen LogP contribution in [-0.2, 0) is 7.05 Å². The second-order valence-corrected chi connectivity index (χ2v) is 9.36. The zero-order chi connectivity index (χ0) is 26.6. The Morgan fingerprint density at radius 1 is 1.22 bits per heavy atom. The van der Waals surface area contributed by atoms with Gasteiger partial charge in [-0.05, 0) is 57.6 Å². The standard InChI is InChI=1S/C27H31F3N6O/c1-18(27(28,29)30)25-22-9-4-10-24(33-20-8-6-13-35(2)14-11-20)23(22)15-21(34-25)7-5-12-31-26(37)19-16-32-36(3)17-19/h4-5,7,9-10,15-17,20,33H,1,6,8,11-14H2,2-3H3,(H,31,37)/b7-5+/t20-/m1/s1. The van der Waals surface area contributed by atoms with Crippen LogP contribution in [-0.4, -0.2) is 64.5 Å². The van der Waals surface area contributed by atoms with Gasteiger partial charge in [-0.25, -0.2) is 4.98 Å². The van der Waals surface area contributed by atoms with E-state index < -0.39 is 11.7 Å². The normalized spacial score (nSPS) is 17.2. The zero-order valence-corrected chi connectivity index (χ0v) is 21.0. The van der Waals surface area contributed by atoms with E-state index >= 15 is 0 Å². The smallest absolute Gasteiger partial charge is 0.382 e. The van der Waals surface area contributed by atoms with E-state index in [1.165, 1.54) is 10.9 Å². The number of anilines is 1. The third-order valence-corrected chi connectivity index (χ3v) is 6.47. The molecule has 37 heavy (non-hydrogen) atoms. The Balaban J connectivity index is 1.62. The predicted octanol–water partition coefficient (Wildman–Crippen LogP) is 4.88. The summed E-state index contributed by atoms with van der Waals surface area (Å²) < 4.78 is 42.6. The molecule has 1 fully saturated rings. The highest BCUT2D eigenvalue weighted by atomic mass is 19.4. The van der Waals surface area contributed by atoms with Crippen molar-refractivity contribution in [3.05, 3.63) is 66.3 Å². The molecule has 7 nitrogen and oxygen atoms in total. The molecular formula is C27H31F3N6O. The second-order valence-electron chi connectivity index (χ2n) is 9.36. The monoisotopic (exact) mass is 512 g/mol. The summed E-state index contributed by atoms with van der Waals surface area (Å²) in [6.07, 6.45) is 4.68. The topological polar surface area (TPSA) is 75.1 Å². The first-order valence-corrected chi connectivity index (χ1v) is 12.2. The van der Waals surface area contributed by atoms with E-state index in [-0.39, 0.29) is 24.2 Å². The number of nitrogens with one attached hydrogen (secondary N) is 2. The molecule has 1 atom stereocenters. The lowest BCUT2D eigenvalue weighted by atomic mass is 10.0. The van der Waals surface area contributed by atoms with Crippen molar-refractivity contribution in [3.8, 4) is 0 Å². The van der Waals surface area contributed by atoms with E-state index in [1.807, 2.05) is 6.07 Å². The summed E-state index contributed by atoms with van der Waals surface area (Å²) in [7, 11) is 3.81. The van der Waals surface area contributed by atoms with Crippen LogP contribution < -0.4 is 10.6 Å². The van der Waals surface area contributed by atoms with Gasteiger partial charge in [0.25, 0.3) is 5.91 Å². The average Bonchev–Trinajstić information content (AvgIpc) is 3.19. The highest BCUT2D eigenvalue weighted by Gasteiger charge is 2.35. The van der Waals surface area contributed by atoms with Crippen molar-refractivity contribution in [2.75, 3.05) is 32.0 Å². The Hall–Kier alpha value is -3.66. The zero-order valence-electron chi connectivity index (χ0n) is 21.0. The van der Waals surface area contributed by atoms with Crippen molar-refractivity contribution in [2.45, 2.75) is 31.5 Å². The number of nitrogens with zero attached hydrogens (tertiary/aromatic N) is 4. The number of pyridine rings is 1. The Bertz CT molecular complexity index is 1310. The summed E-state index contributed by atoms with van der Waals surface area (Å²) >= 11 is 0. The number of likely N-dealkylation sites (tertiary alicyclic amines) is 1. The summed E-state index contributed by atoms with van der Waals surface area (Å²) in [6.45, 7) is 5.47. The molecule has 0 spiro atoms. The number of fused-ring (bicyclic) bond motifs is 1. The van der Waals surface area contributed by atoms with Crippen LogP contribution in [0.4, 0.5) is 18.9 Å². The summed E-state index contributed by atoms with van der Waals surface area (Å²) in [6, 6.07) is 7.26. The fourth-order valence-corrected chi connectivity index (χ4v) is 4.45. The largest absolute Gasteiger partial charge is 0.417 e. The van der Waals surface area contributed by atoms with Gasteiger partial charge in [0.1, 0.15) is 0 Å². The lowest BCUT2D eigenvalue weighted by Crippen LogP contribution is -2.23. The molecular weight excluding hydrogens is 481 g/mol. The number of alkyl halides is 3. The van der Waals surface area contributed by atoms with Crippen LogP contribution in [0.1, 0.15) is 41.0 Å². The molecule has 0 radical (unpaired) electrons. The fraction of sp³-hybridized carbons (Fsp3) is 0.370. The van der Waals surface area contributed by atoms with Gasteiger partial charge in [0.05, 0.1) is 28.7 Å². The summed E-state index contributed by atoms with van der Waals surface area (Å²) in [5.41, 5.74) is 0.340. The van der Waals surface area contributed by atoms with Crippen molar-refractivity contribution in [1.82, 2.24) is 25.0 Å². The molecule has 10 heteroatoms. The minimum absolute atomic E-state index is 0.179. The SMILES string of the molecule is C=C(c1nc(/C=C/CNC(=O)c2cnn(C)c2)cc2c(N[C@@H]3CCCN(C)CC3)cccc12)C(F)(F)F. The maximum absolute atomic E-state index is 13.7. The maximum Gasteiger partial charge on any atom is 0.417 e. The molecule has 0 unspecified atom stereocenters. The number of rotatable bonds is 7. The first-order valence-electron chi connectivity index (χ1n) is 12.2. The first kappa shape index (κ1) is 26.4. The Labute approximate surface area is 214 Å². The third-order valence-electron chi connectivity index (χ3n) is 6.47. The van der Waals surface area contributed by atoms with Crippen molar-refractivity contribution < 1.29 is 18.0 Å². The number of carbonyl (C=O) groups is 1. The summed E-state index contributed by atoms with van der Waals surface area (Å²) in [4.78, 5) is 18.8. The first-order chi connectivity index (χ1) is 17.6. The number of amides is 1. The Kier molecular flexibility index (Phi) is 7.97. The number of hydrogen-bond acceptors (Lipinski definition) is 5. The van der Waals surface area contributed by atoms with Gasteiger partial charge in [-0.1, -0.05) is 24.8 Å². The average molecular weight is 513 g/mol. The predicted molar refractivity (Wildman–Crippen MR) is 140 cm³/mol. The number of benzene rings is 1. The lowest BCUT2D eigenvalue weighted by molar-refractivity contribution is -0.0688. The van der Waals surface area contributed by atoms with Crippen molar-refractivity contribution in [1.29, 1.82) is 0 Å². The van der Waals surface area contributed by atoms with Crippen LogP contribution in [0.15, 0.2) is 49.3 Å². The second kappa shape index (κ2) is 11.2. The molecule has 1 saturated heterocycles. The molecule has 0 aliphatic carbocycles. The molecule has 0 saturated carbocycles. The van der Waals surface area contributed by atoms with Gasteiger partial charge in [0.15, 0.2) is 0 Å². The van der Waals surface area contributed by atoms with Crippen LogP contribution in [0, 0.1) is 0 Å². The fourth-order valence-electron chi connectivity index (χ4n) is 4.45. The number of carbonyl (C=O) groups excluding carboxylic acids is 1. The van der Waals surface area contributed by atoms with Crippen molar-refractivity contribution in [2.24, 2.45) is 7.05 Å². The Morgan fingerprint density at radius 2 is 2.03 bits per heavy atom. The highest BCUT2D eigenvalue weighted by Crippen LogP contribution is 2.37. The van der Waals surface area contributed by atoms with Crippen LogP contribution in [0.3, 0.4) is 0 Å². The van der Waals surface area contributed by atoms with Crippen molar-refractivity contribution >= 4 is 34.0 Å². The molecule has 1 aliphatic rings. The van der Waals surface area contributed by atoms with Gasteiger partial charge in [-0.2, -0.15) is 18.3 Å². The van der Waals surface area contributed by atoms with E-state index in [0.29, 0.717) is 22.0 Å². The van der Waals surface area contributed by atoms with Gasteiger partial charge < -0.3 is 15.5 Å². The molecule has 2 aromatic heterocycles.